The number of aromatic carboxylic acids is 1. The zero-order valence-corrected chi connectivity index (χ0v) is 18.7. The van der Waals surface area contributed by atoms with E-state index in [4.69, 9.17) is 14.6 Å². The average molecular weight is 447 g/mol. The Bertz CT molecular complexity index is 1160. The molecule has 1 aliphatic heterocycles. The van der Waals surface area contributed by atoms with E-state index in [-0.39, 0.29) is 11.6 Å². The van der Waals surface area contributed by atoms with Crippen molar-refractivity contribution in [2.75, 3.05) is 19.1 Å². The number of hydrogen-bond acceptors (Lipinski definition) is 4. The fourth-order valence-electron chi connectivity index (χ4n) is 3.92. The molecule has 0 bridgehead atoms. The molecular weight excluding hydrogens is 420 g/mol. The summed E-state index contributed by atoms with van der Waals surface area (Å²) >= 11 is 0. The molecule has 0 unspecified atom stereocenters. The number of amides is 2. The molecule has 170 valence electrons. The van der Waals surface area contributed by atoms with Crippen LogP contribution in [0.3, 0.4) is 0 Å². The van der Waals surface area contributed by atoms with Crippen LogP contribution in [0.5, 0.6) is 5.75 Å². The number of benzene rings is 3. The normalized spacial score (nSPS) is 13.1. The van der Waals surface area contributed by atoms with Gasteiger partial charge in [-0.2, -0.15) is 0 Å². The number of nitrogens with zero attached hydrogens (tertiary/aromatic N) is 2. The lowest BCUT2D eigenvalue weighted by Crippen LogP contribution is -2.44. The second-order valence-electron chi connectivity index (χ2n) is 8.01. The van der Waals surface area contributed by atoms with Crippen LogP contribution in [0.15, 0.2) is 66.7 Å². The number of urea groups is 1. The second kappa shape index (κ2) is 9.75. The van der Waals surface area contributed by atoms with E-state index >= 15 is 0 Å². The largest absolute Gasteiger partial charge is 0.497 e. The zero-order valence-electron chi connectivity index (χ0n) is 18.7. The fraction of sp³-hybridized carbons (Fsp3) is 0.231. The van der Waals surface area contributed by atoms with Crippen LogP contribution in [0, 0.1) is 0 Å². The van der Waals surface area contributed by atoms with Gasteiger partial charge >= 0.3 is 12.0 Å². The Kier molecular flexibility index (Phi) is 6.60. The van der Waals surface area contributed by atoms with Gasteiger partial charge < -0.3 is 19.5 Å². The number of rotatable bonds is 8. The molecule has 7 nitrogen and oxygen atoms in total. The molecule has 3 aromatic rings. The van der Waals surface area contributed by atoms with Crippen LogP contribution in [0.4, 0.5) is 10.5 Å². The minimum absolute atomic E-state index is 0.0909. The molecule has 0 fully saturated rings. The molecule has 7 heteroatoms. The molecule has 33 heavy (non-hydrogen) atoms. The van der Waals surface area contributed by atoms with E-state index in [1.165, 1.54) is 0 Å². The van der Waals surface area contributed by atoms with Crippen molar-refractivity contribution in [3.05, 3.63) is 94.5 Å². The van der Waals surface area contributed by atoms with E-state index in [1.807, 2.05) is 36.4 Å². The van der Waals surface area contributed by atoms with Crippen LogP contribution >= 0.6 is 0 Å². The van der Waals surface area contributed by atoms with Gasteiger partial charge in [0, 0.05) is 20.1 Å². The minimum Gasteiger partial charge on any atom is -0.497 e. The number of methoxy groups -OCH3 is 1. The summed E-state index contributed by atoms with van der Waals surface area (Å²) in [5.74, 6) is -0.166. The lowest BCUT2D eigenvalue weighted by molar-refractivity contribution is 0.0696. The predicted molar refractivity (Wildman–Crippen MR) is 124 cm³/mol. The van der Waals surface area contributed by atoms with Gasteiger partial charge in [0.05, 0.1) is 31.6 Å². The minimum atomic E-state index is -0.967. The molecular formula is C26H26N2O5. The van der Waals surface area contributed by atoms with E-state index in [2.05, 4.69) is 6.07 Å². The highest BCUT2D eigenvalue weighted by molar-refractivity contribution is 5.94. The van der Waals surface area contributed by atoms with Gasteiger partial charge in [-0.15, -0.1) is 0 Å². The quantitative estimate of drug-likeness (QED) is 0.543. The third-order valence-electron chi connectivity index (χ3n) is 5.67. The van der Waals surface area contributed by atoms with Crippen molar-refractivity contribution < 1.29 is 24.2 Å². The van der Waals surface area contributed by atoms with Crippen molar-refractivity contribution in [2.45, 2.75) is 26.3 Å². The first kappa shape index (κ1) is 22.4. The maximum absolute atomic E-state index is 12.9. The number of hydrogen-bond donors (Lipinski definition) is 1. The highest BCUT2D eigenvalue weighted by Crippen LogP contribution is 2.30. The fourth-order valence-corrected chi connectivity index (χ4v) is 3.92. The van der Waals surface area contributed by atoms with Crippen molar-refractivity contribution in [3.63, 3.8) is 0 Å². The van der Waals surface area contributed by atoms with Gasteiger partial charge in [-0.3, -0.25) is 4.90 Å². The lowest BCUT2D eigenvalue weighted by atomic mass is 10.0. The van der Waals surface area contributed by atoms with Gasteiger partial charge in [0.2, 0.25) is 0 Å². The summed E-state index contributed by atoms with van der Waals surface area (Å²) in [5, 5.41) is 9.07. The number of fused-ring (bicyclic) bond motifs is 1. The summed E-state index contributed by atoms with van der Waals surface area (Å²) in [4.78, 5) is 27.3. The Morgan fingerprint density at radius 3 is 2.36 bits per heavy atom. The van der Waals surface area contributed by atoms with Gasteiger partial charge in [0.25, 0.3) is 0 Å². The maximum atomic E-state index is 12.9. The Hall–Kier alpha value is -3.84. The van der Waals surface area contributed by atoms with Crippen molar-refractivity contribution >= 4 is 17.7 Å². The van der Waals surface area contributed by atoms with Gasteiger partial charge in [-0.25, -0.2) is 9.59 Å². The standard InChI is InChI=1S/C26H26N2O5/c1-27-24-11-8-20(17-33-16-19-4-3-5-23(13-19)32-2)12-22(24)15-28(26(27)31)14-18-6-9-21(10-7-18)25(29)30/h3-13H,14-17H2,1-2H3,(H,29,30). The van der Waals surface area contributed by atoms with E-state index in [0.29, 0.717) is 26.3 Å². The van der Waals surface area contributed by atoms with E-state index in [0.717, 1.165) is 33.7 Å². The number of anilines is 1. The predicted octanol–water partition coefficient (Wildman–Crippen LogP) is 4.68. The summed E-state index contributed by atoms with van der Waals surface area (Å²) < 4.78 is 11.2. The maximum Gasteiger partial charge on any atom is 0.335 e. The molecule has 0 radical (unpaired) electrons. The molecule has 0 atom stereocenters. The first-order valence-electron chi connectivity index (χ1n) is 10.6. The average Bonchev–Trinajstić information content (AvgIpc) is 2.83. The van der Waals surface area contributed by atoms with Crippen molar-refractivity contribution in [3.8, 4) is 5.75 Å². The smallest absolute Gasteiger partial charge is 0.335 e. The topological polar surface area (TPSA) is 79.3 Å². The lowest BCUT2D eigenvalue weighted by Gasteiger charge is -2.35. The van der Waals surface area contributed by atoms with Crippen molar-refractivity contribution in [1.29, 1.82) is 0 Å². The number of carboxylic acid groups (broad SMARTS) is 1. The molecule has 0 aromatic heterocycles. The first-order chi connectivity index (χ1) is 15.9. The number of carbonyl (C=O) groups excluding carboxylic acids is 1. The molecule has 3 aromatic carbocycles. The molecule has 0 spiro atoms. The summed E-state index contributed by atoms with van der Waals surface area (Å²) in [6, 6.07) is 20.3. The Labute approximate surface area is 192 Å². The third-order valence-corrected chi connectivity index (χ3v) is 5.67. The van der Waals surface area contributed by atoms with E-state index < -0.39 is 5.97 Å². The highest BCUT2D eigenvalue weighted by Gasteiger charge is 2.27. The molecule has 0 saturated heterocycles. The van der Waals surface area contributed by atoms with Crippen LogP contribution < -0.4 is 9.64 Å². The van der Waals surface area contributed by atoms with Gasteiger partial charge in [-0.1, -0.05) is 30.3 Å². The molecule has 0 aliphatic carbocycles. The van der Waals surface area contributed by atoms with Crippen LogP contribution in [0.25, 0.3) is 0 Å². The highest BCUT2D eigenvalue weighted by atomic mass is 16.5. The number of carboxylic acids is 1. The first-order valence-corrected chi connectivity index (χ1v) is 10.6. The number of carbonyl (C=O) groups is 2. The summed E-state index contributed by atoms with van der Waals surface area (Å²) in [5.41, 5.74) is 5.10. The van der Waals surface area contributed by atoms with Crippen LogP contribution in [-0.2, 0) is 31.0 Å². The third kappa shape index (κ3) is 5.15. The summed E-state index contributed by atoms with van der Waals surface area (Å²) in [6.07, 6.45) is 0. The Balaban J connectivity index is 1.43. The van der Waals surface area contributed by atoms with Crippen LogP contribution in [-0.4, -0.2) is 36.2 Å². The van der Waals surface area contributed by atoms with Crippen molar-refractivity contribution in [2.24, 2.45) is 0 Å². The van der Waals surface area contributed by atoms with E-state index in [1.54, 1.807) is 48.2 Å². The number of ether oxygens (including phenoxy) is 2. The molecule has 2 amide bonds. The molecule has 1 N–H and O–H groups in total. The molecule has 1 aliphatic rings. The van der Waals surface area contributed by atoms with Crippen LogP contribution in [0.2, 0.25) is 0 Å². The van der Waals surface area contributed by atoms with Crippen molar-refractivity contribution in [1.82, 2.24) is 4.90 Å². The summed E-state index contributed by atoms with van der Waals surface area (Å²) in [7, 11) is 3.41. The van der Waals surface area contributed by atoms with Gasteiger partial charge in [0.15, 0.2) is 0 Å². The van der Waals surface area contributed by atoms with Crippen LogP contribution in [0.1, 0.15) is 32.6 Å². The summed E-state index contributed by atoms with van der Waals surface area (Å²) in [6.45, 7) is 1.81. The molecule has 0 saturated carbocycles. The zero-order chi connectivity index (χ0) is 23.4. The molecule has 1 heterocycles. The van der Waals surface area contributed by atoms with E-state index in [9.17, 15) is 9.59 Å². The Morgan fingerprint density at radius 2 is 1.67 bits per heavy atom. The van der Waals surface area contributed by atoms with Gasteiger partial charge in [-0.05, 0) is 58.7 Å². The SMILES string of the molecule is COc1cccc(COCc2ccc3c(c2)CN(Cc2ccc(C(=O)O)cc2)C(=O)N3C)c1. The van der Waals surface area contributed by atoms with Gasteiger partial charge in [0.1, 0.15) is 5.75 Å². The monoisotopic (exact) mass is 446 g/mol. The Morgan fingerprint density at radius 1 is 0.970 bits per heavy atom. The second-order valence-corrected chi connectivity index (χ2v) is 8.01. The molecule has 4 rings (SSSR count).